The van der Waals surface area contributed by atoms with Crippen molar-refractivity contribution in [2.45, 2.75) is 196 Å². The fraction of sp³-hybridized carbons (Fsp3) is 0.712. The lowest BCUT2D eigenvalue weighted by Crippen LogP contribution is -2.78. The summed E-state index contributed by atoms with van der Waals surface area (Å²) in [5, 5.41) is 76.6. The van der Waals surface area contributed by atoms with Gasteiger partial charge in [0.15, 0.2) is 6.04 Å². The Balaban J connectivity index is 6.77. The number of primary amides is 1. The highest BCUT2D eigenvalue weighted by molar-refractivity contribution is 5.99. The molecular formula is C52H102N21O18+5. The number of nitrogens with one attached hydrogen (secondary N) is 13. The fourth-order valence-electron chi connectivity index (χ4n) is 8.26. The van der Waals surface area contributed by atoms with Crippen molar-refractivity contribution in [1.82, 2.24) is 58.5 Å². The molecule has 0 aromatic carbocycles. The van der Waals surface area contributed by atoms with Gasteiger partial charge < -0.3 is 107 Å². The smallest absolute Gasteiger partial charge is 0.338 e. The van der Waals surface area contributed by atoms with Gasteiger partial charge in [-0.3, -0.25) is 95.2 Å². The van der Waals surface area contributed by atoms with Crippen molar-refractivity contribution in [3.63, 3.8) is 0 Å². The third-order valence-electron chi connectivity index (χ3n) is 13.4. The summed E-state index contributed by atoms with van der Waals surface area (Å²) >= 11 is 0. The van der Waals surface area contributed by atoms with Gasteiger partial charge in [0.2, 0.25) is 65.0 Å². The first-order valence-electron chi connectivity index (χ1n) is 29.7. The topological polar surface area (TPSA) is 696 Å². The number of carboxylic acids is 1. The third kappa shape index (κ3) is 33.7. The lowest BCUT2D eigenvalue weighted by Gasteiger charge is -2.29. The summed E-state index contributed by atoms with van der Waals surface area (Å²) in [7, 11) is 0. The molecule has 39 heteroatoms. The van der Waals surface area contributed by atoms with Crippen molar-refractivity contribution >= 4 is 88.8 Å². The Morgan fingerprint density at radius 3 is 1.08 bits per heavy atom. The van der Waals surface area contributed by atoms with Crippen LogP contribution in [-0.4, -0.2) is 238 Å². The van der Waals surface area contributed by atoms with Crippen molar-refractivity contribution in [2.24, 2.45) is 28.7 Å². The Morgan fingerprint density at radius 2 is 0.725 bits per heavy atom. The van der Waals surface area contributed by atoms with Crippen molar-refractivity contribution in [3.05, 3.63) is 0 Å². The van der Waals surface area contributed by atoms with E-state index in [1.165, 1.54) is 20.8 Å². The van der Waals surface area contributed by atoms with Crippen LogP contribution in [0.5, 0.6) is 0 Å². The largest absolute Gasteiger partial charge is 0.480 e. The molecule has 0 rings (SSSR count). The normalized spacial score (nSPS) is 15.6. The van der Waals surface area contributed by atoms with Gasteiger partial charge in [0.25, 0.3) is 5.91 Å². The average molecular weight is 1310 g/mol. The number of aliphatic hydroxyl groups is 4. The number of quaternary nitrogens is 3. The van der Waals surface area contributed by atoms with Gasteiger partial charge in [-0.25, -0.2) is 0 Å². The number of carboxylic acid groups (broad SMARTS) is 1. The second kappa shape index (κ2) is 43.9. The molecule has 0 fully saturated rings. The van der Waals surface area contributed by atoms with Crippen LogP contribution in [0.3, 0.4) is 0 Å². The number of amides is 12. The number of nitrogens with two attached hydrogens (primary N) is 5. The minimum absolute atomic E-state index is 0.00920. The molecule has 12 amide bonds. The summed E-state index contributed by atoms with van der Waals surface area (Å²) < 4.78 is 0. The molecule has 0 radical (unpaired) electrons. The second-order valence-electron chi connectivity index (χ2n) is 21.7. The molecule has 91 heavy (non-hydrogen) atoms. The number of rotatable bonds is 46. The van der Waals surface area contributed by atoms with E-state index in [1.807, 2.05) is 5.32 Å². The summed E-state index contributed by atoms with van der Waals surface area (Å²) in [4.78, 5) is 178. The molecular weight excluding hydrogens is 1210 g/mol. The van der Waals surface area contributed by atoms with E-state index in [0.717, 1.165) is 13.8 Å². The van der Waals surface area contributed by atoms with Crippen LogP contribution in [0.25, 0.3) is 0 Å². The first-order chi connectivity index (χ1) is 42.6. The van der Waals surface area contributed by atoms with Gasteiger partial charge in [-0.1, -0.05) is 0 Å². The van der Waals surface area contributed by atoms with E-state index < -0.39 is 188 Å². The number of carbonyl (C=O) groups excluding carboxylic acids is 12. The van der Waals surface area contributed by atoms with E-state index in [4.69, 9.17) is 33.8 Å². The minimum atomic E-state index is -1.89. The van der Waals surface area contributed by atoms with E-state index in [-0.39, 0.29) is 76.4 Å². The predicted octanol–water partition coefficient (Wildman–Crippen LogP) is -17.8. The molecule has 0 aromatic heterocycles. The number of carbonyl (C=O) groups is 13. The highest BCUT2D eigenvalue weighted by atomic mass is 16.4. The van der Waals surface area contributed by atoms with Gasteiger partial charge in [0, 0.05) is 6.42 Å². The summed E-state index contributed by atoms with van der Waals surface area (Å²) in [5.74, 6) is -13.8. The van der Waals surface area contributed by atoms with Crippen LogP contribution in [0, 0.1) is 0 Å². The summed E-state index contributed by atoms with van der Waals surface area (Å²) in [5.41, 5.74) is 38.5. The molecule has 0 heterocycles. The monoisotopic (exact) mass is 1310 g/mol. The maximum absolute atomic E-state index is 14.1. The van der Waals surface area contributed by atoms with E-state index in [2.05, 4.69) is 80.4 Å². The van der Waals surface area contributed by atoms with Crippen LogP contribution < -0.4 is 114 Å². The number of hydrogen-bond donors (Lipinski definition) is 26. The molecule has 0 saturated carbocycles. The van der Waals surface area contributed by atoms with Crippen LogP contribution in [0.15, 0.2) is 0 Å². The molecule has 0 aliphatic rings. The molecule has 518 valence electrons. The van der Waals surface area contributed by atoms with Gasteiger partial charge in [-0.05, 0) is 105 Å². The number of hydrogen-bond acceptors (Lipinski definition) is 17. The van der Waals surface area contributed by atoms with Crippen molar-refractivity contribution in [1.29, 1.82) is 0 Å². The van der Waals surface area contributed by atoms with Gasteiger partial charge in [0.05, 0.1) is 51.1 Å². The van der Waals surface area contributed by atoms with Crippen LogP contribution in [-0.2, 0) is 62.3 Å². The second-order valence-corrected chi connectivity index (χ2v) is 21.7. The molecule has 0 aromatic rings. The lowest BCUT2D eigenvalue weighted by molar-refractivity contribution is -0.460. The Hall–Kier alpha value is -8.63. The molecule has 0 aliphatic carbocycles. The highest BCUT2D eigenvalue weighted by Crippen LogP contribution is 2.10. The standard InChI is InChI=1S/C52H97N21O18/c1-24(55)40(81)65-32(15-11-21-62-52(59)60)45(86)73-39(28(5)77)50(91)69-30(13-7-9-19-54)42(83)68-33(16-17-35(56)78)46(87)72-38(27(4)76)49(90)64-25(2)41(82)66-31(14-10-20-61-51(57)58)43(84)67-29(12-6-8-18-53)44(85)70-34(23-74)47(88)71-37(26(3)75)48(89)63-22-36(79)80/h24-34,37-39,74-77H,6-23,53-55H2,1-5H3,(H2,56,78)(H,63,89)(H,64,90)(H,65,81)(H,66,82)(H,67,84)(H,68,83)(H,69,91)(H,70,85)(H,71,88)(H,72,87)(H,73,86)(H,79,80)(H4,57,58,61)(H4,59,60,62)/p+5/t24-,25-,26+,27+,28+,29-,30-,31-,32-,33-,34-,37-,38-,39-/m0/s1. The molecule has 0 unspecified atom stereocenters. The number of aliphatic carboxylic acids is 1. The number of unbranched alkanes of at least 4 members (excludes halogenated alkanes) is 2. The van der Waals surface area contributed by atoms with Gasteiger partial charge in [-0.2, -0.15) is 0 Å². The molecule has 0 saturated heterocycles. The molecule has 0 bridgehead atoms. The average Bonchev–Trinajstić information content (AvgIpc) is 1.58. The SMILES string of the molecule is C[C@H]([NH3+])C(=O)N[C@@H](CCC[NH+]=C(N)N)C(=O)N[C@H](C(=O)N[C@@H](CCCC[NH3+])C(=O)N[C@@H](CCC(N)=O)C(=O)N[C@H](C(=O)N[C@@H](C)C(=O)N[C@@H](CCC[NH+]=C(N)N)C(=O)N[C@@H](CCCC[NH3+])C(=O)N[C@@H](CO)C(=O)N[C@H](C(=O)NCC(=O)O)[C@@H](C)O)[C@@H](C)O)[C@@H](C)O. The molecule has 0 aliphatic heterocycles. The Kier molecular flexibility index (Phi) is 39.8. The zero-order valence-electron chi connectivity index (χ0n) is 52.4. The maximum Gasteiger partial charge on any atom is 0.338 e. The van der Waals surface area contributed by atoms with E-state index >= 15 is 0 Å². The summed E-state index contributed by atoms with van der Waals surface area (Å²) in [6.07, 6.45) is -4.50. The molecule has 14 atom stereocenters. The number of aliphatic hydroxyl groups excluding tert-OH is 4. The Morgan fingerprint density at radius 1 is 0.407 bits per heavy atom. The quantitative estimate of drug-likeness (QED) is 0.0153. The van der Waals surface area contributed by atoms with Crippen molar-refractivity contribution in [3.8, 4) is 0 Å². The highest BCUT2D eigenvalue weighted by Gasteiger charge is 2.38. The van der Waals surface area contributed by atoms with Crippen LogP contribution >= 0.6 is 0 Å². The predicted molar refractivity (Wildman–Crippen MR) is 319 cm³/mol. The minimum Gasteiger partial charge on any atom is -0.480 e. The van der Waals surface area contributed by atoms with Gasteiger partial charge >= 0.3 is 17.9 Å². The molecule has 0 spiro atoms. The number of guanidine groups is 2. The van der Waals surface area contributed by atoms with E-state index in [1.54, 1.807) is 0 Å². The van der Waals surface area contributed by atoms with Crippen LogP contribution in [0.1, 0.15) is 112 Å². The Bertz CT molecular complexity index is 2480. The first kappa shape index (κ1) is 82.4. The Labute approximate surface area is 525 Å². The van der Waals surface area contributed by atoms with Crippen LogP contribution in [0.2, 0.25) is 0 Å². The zero-order chi connectivity index (χ0) is 69.7. The first-order valence-corrected chi connectivity index (χ1v) is 29.7. The molecule has 37 N–H and O–H groups in total. The van der Waals surface area contributed by atoms with Crippen molar-refractivity contribution < 1.29 is 115 Å². The lowest BCUT2D eigenvalue weighted by atomic mass is 10.0. The zero-order valence-corrected chi connectivity index (χ0v) is 52.4. The van der Waals surface area contributed by atoms with Crippen LogP contribution in [0.4, 0.5) is 0 Å². The summed E-state index contributed by atoms with van der Waals surface area (Å²) in [6, 6.07) is -16.9. The third-order valence-corrected chi connectivity index (χ3v) is 13.4. The molecule has 39 nitrogen and oxygen atoms in total. The fourth-order valence-corrected chi connectivity index (χ4v) is 8.26. The van der Waals surface area contributed by atoms with Crippen molar-refractivity contribution in [2.75, 3.05) is 39.3 Å². The summed E-state index contributed by atoms with van der Waals surface area (Å²) in [6.45, 7) is 5.19. The maximum atomic E-state index is 14.1. The van der Waals surface area contributed by atoms with E-state index in [9.17, 15) is 82.8 Å². The van der Waals surface area contributed by atoms with Gasteiger partial charge in [0.1, 0.15) is 67.0 Å². The van der Waals surface area contributed by atoms with E-state index in [0.29, 0.717) is 25.9 Å². The van der Waals surface area contributed by atoms with Gasteiger partial charge in [-0.15, -0.1) is 0 Å².